The molecular weight excluding hydrogens is 156 g/mol. The van der Waals surface area contributed by atoms with Crippen LogP contribution in [0.1, 0.15) is 13.8 Å². The fourth-order valence-corrected chi connectivity index (χ4v) is 0.577. The van der Waals surface area contributed by atoms with E-state index >= 15 is 0 Å². The second-order valence-electron chi connectivity index (χ2n) is 3.20. The second kappa shape index (κ2) is 5.11. The maximum Gasteiger partial charge on any atom is 0.236 e. The predicted molar refractivity (Wildman–Crippen MR) is 47.8 cm³/mol. The Labute approximate surface area is 73.6 Å². The Morgan fingerprint density at radius 2 is 2.00 bits per heavy atom. The Bertz CT molecular complexity index is 146. The number of amides is 1. The monoisotopic (exact) mass is 174 g/mol. The molecule has 0 rings (SSSR count). The van der Waals surface area contributed by atoms with E-state index in [9.17, 15) is 4.79 Å². The molecule has 4 nitrogen and oxygen atoms in total. The number of nitrogens with zero attached hydrogens (tertiary/aromatic N) is 1. The van der Waals surface area contributed by atoms with Crippen molar-refractivity contribution in [2.45, 2.75) is 26.0 Å². The van der Waals surface area contributed by atoms with Gasteiger partial charge in [-0.25, -0.2) is 0 Å². The minimum atomic E-state index is -0.431. The summed E-state index contributed by atoms with van der Waals surface area (Å²) in [6, 6.07) is -0.0473. The fourth-order valence-electron chi connectivity index (χ4n) is 0.577. The third kappa shape index (κ3) is 4.31. The number of hydrogen-bond acceptors (Lipinski definition) is 3. The third-order valence-electron chi connectivity index (χ3n) is 1.80. The Hall–Kier alpha value is -0.610. The van der Waals surface area contributed by atoms with Crippen molar-refractivity contribution in [2.24, 2.45) is 0 Å². The van der Waals surface area contributed by atoms with Gasteiger partial charge in [-0.3, -0.25) is 4.79 Å². The van der Waals surface area contributed by atoms with Gasteiger partial charge in [0.1, 0.15) is 0 Å². The number of carbonyl (C=O) groups excluding carboxylic acids is 1. The molecule has 2 N–H and O–H groups in total. The zero-order valence-corrected chi connectivity index (χ0v) is 8.16. The molecule has 0 radical (unpaired) electrons. The molecule has 0 aromatic heterocycles. The zero-order chi connectivity index (χ0) is 9.72. The molecule has 0 fully saturated rings. The average molecular weight is 174 g/mol. The van der Waals surface area contributed by atoms with Crippen LogP contribution in [-0.2, 0) is 4.79 Å². The van der Waals surface area contributed by atoms with Crippen LogP contribution < -0.4 is 5.32 Å². The SMILES string of the molecule is CC(O)C(C)NCC(=O)N(C)C. The van der Waals surface area contributed by atoms with E-state index < -0.39 is 6.10 Å². The summed E-state index contributed by atoms with van der Waals surface area (Å²) in [6.07, 6.45) is -0.431. The molecule has 2 atom stereocenters. The smallest absolute Gasteiger partial charge is 0.236 e. The highest BCUT2D eigenvalue weighted by Gasteiger charge is 2.10. The van der Waals surface area contributed by atoms with Crippen molar-refractivity contribution in [1.29, 1.82) is 0 Å². The topological polar surface area (TPSA) is 52.6 Å². The molecule has 0 heterocycles. The van der Waals surface area contributed by atoms with Crippen molar-refractivity contribution in [3.8, 4) is 0 Å². The van der Waals surface area contributed by atoms with Gasteiger partial charge in [0.25, 0.3) is 0 Å². The number of aliphatic hydroxyl groups is 1. The van der Waals surface area contributed by atoms with E-state index in [1.807, 2.05) is 6.92 Å². The molecule has 0 saturated heterocycles. The van der Waals surface area contributed by atoms with E-state index in [-0.39, 0.29) is 18.5 Å². The van der Waals surface area contributed by atoms with Crippen molar-refractivity contribution >= 4 is 5.91 Å². The normalized spacial score (nSPS) is 15.4. The first-order valence-corrected chi connectivity index (χ1v) is 4.06. The minimum absolute atomic E-state index is 0.0162. The Balaban J connectivity index is 3.61. The number of nitrogens with one attached hydrogen (secondary N) is 1. The van der Waals surface area contributed by atoms with Crippen LogP contribution in [0.15, 0.2) is 0 Å². The molecule has 0 aliphatic rings. The quantitative estimate of drug-likeness (QED) is 0.600. The van der Waals surface area contributed by atoms with Crippen molar-refractivity contribution in [2.75, 3.05) is 20.6 Å². The molecule has 2 unspecified atom stereocenters. The molecule has 0 aromatic carbocycles. The Kier molecular flexibility index (Phi) is 4.85. The standard InChI is InChI=1S/C8H18N2O2/c1-6(7(2)11)9-5-8(12)10(3)4/h6-7,9,11H,5H2,1-4H3. The lowest BCUT2D eigenvalue weighted by Crippen LogP contribution is -2.41. The van der Waals surface area contributed by atoms with Gasteiger partial charge in [0.15, 0.2) is 0 Å². The van der Waals surface area contributed by atoms with Gasteiger partial charge >= 0.3 is 0 Å². The van der Waals surface area contributed by atoms with Crippen LogP contribution in [0.4, 0.5) is 0 Å². The first-order valence-electron chi connectivity index (χ1n) is 4.06. The van der Waals surface area contributed by atoms with Crippen molar-refractivity contribution in [3.05, 3.63) is 0 Å². The lowest BCUT2D eigenvalue weighted by molar-refractivity contribution is -0.127. The first kappa shape index (κ1) is 11.4. The van der Waals surface area contributed by atoms with Gasteiger partial charge in [-0.1, -0.05) is 0 Å². The van der Waals surface area contributed by atoms with Gasteiger partial charge in [-0.15, -0.1) is 0 Å². The summed E-state index contributed by atoms with van der Waals surface area (Å²) in [7, 11) is 3.41. The van der Waals surface area contributed by atoms with E-state index in [1.54, 1.807) is 21.0 Å². The molecule has 72 valence electrons. The summed E-state index contributed by atoms with van der Waals surface area (Å²) in [5.41, 5.74) is 0. The molecule has 0 aromatic rings. The lowest BCUT2D eigenvalue weighted by Gasteiger charge is -2.17. The predicted octanol–water partition coefficient (Wildman–Crippen LogP) is -0.566. The summed E-state index contributed by atoms with van der Waals surface area (Å²) in [5, 5.41) is 12.0. The van der Waals surface area contributed by atoms with E-state index in [0.29, 0.717) is 0 Å². The van der Waals surface area contributed by atoms with E-state index in [2.05, 4.69) is 5.32 Å². The Morgan fingerprint density at radius 1 is 1.50 bits per heavy atom. The van der Waals surface area contributed by atoms with Crippen LogP contribution in [0.25, 0.3) is 0 Å². The number of aliphatic hydroxyl groups excluding tert-OH is 1. The maximum absolute atomic E-state index is 11.1. The van der Waals surface area contributed by atoms with Crippen LogP contribution in [-0.4, -0.2) is 48.7 Å². The fraction of sp³-hybridized carbons (Fsp3) is 0.875. The average Bonchev–Trinajstić information content (AvgIpc) is 1.98. The summed E-state index contributed by atoms with van der Waals surface area (Å²) < 4.78 is 0. The van der Waals surface area contributed by atoms with Crippen LogP contribution in [0.2, 0.25) is 0 Å². The van der Waals surface area contributed by atoms with Crippen molar-refractivity contribution < 1.29 is 9.90 Å². The zero-order valence-electron chi connectivity index (χ0n) is 8.16. The molecule has 0 aliphatic heterocycles. The van der Waals surface area contributed by atoms with Gasteiger partial charge in [0.05, 0.1) is 12.6 Å². The first-order chi connectivity index (χ1) is 5.45. The molecule has 4 heteroatoms. The summed E-state index contributed by atoms with van der Waals surface area (Å²) >= 11 is 0. The maximum atomic E-state index is 11.1. The second-order valence-corrected chi connectivity index (χ2v) is 3.20. The van der Waals surface area contributed by atoms with Gasteiger partial charge in [-0.05, 0) is 13.8 Å². The highest BCUT2D eigenvalue weighted by molar-refractivity contribution is 5.77. The molecule has 1 amide bonds. The highest BCUT2D eigenvalue weighted by atomic mass is 16.3. The minimum Gasteiger partial charge on any atom is -0.392 e. The van der Waals surface area contributed by atoms with Crippen LogP contribution in [0.3, 0.4) is 0 Å². The summed E-state index contributed by atoms with van der Waals surface area (Å²) in [6.45, 7) is 3.81. The Morgan fingerprint density at radius 3 is 2.33 bits per heavy atom. The number of hydrogen-bond donors (Lipinski definition) is 2. The van der Waals surface area contributed by atoms with Gasteiger partial charge < -0.3 is 15.3 Å². The molecule has 0 bridgehead atoms. The van der Waals surface area contributed by atoms with E-state index in [4.69, 9.17) is 5.11 Å². The lowest BCUT2D eigenvalue weighted by atomic mass is 10.2. The summed E-state index contributed by atoms with van der Waals surface area (Å²) in [5.74, 6) is 0.0162. The number of likely N-dealkylation sites (N-methyl/N-ethyl adjacent to an activating group) is 1. The largest absolute Gasteiger partial charge is 0.392 e. The van der Waals surface area contributed by atoms with E-state index in [1.165, 1.54) is 4.90 Å². The van der Waals surface area contributed by atoms with Gasteiger partial charge in [0, 0.05) is 20.1 Å². The number of rotatable bonds is 4. The molecular formula is C8H18N2O2. The molecule has 0 saturated carbocycles. The molecule has 12 heavy (non-hydrogen) atoms. The summed E-state index contributed by atoms with van der Waals surface area (Å²) in [4.78, 5) is 12.6. The van der Waals surface area contributed by atoms with Crippen molar-refractivity contribution in [1.82, 2.24) is 10.2 Å². The van der Waals surface area contributed by atoms with Crippen LogP contribution in [0.5, 0.6) is 0 Å². The van der Waals surface area contributed by atoms with Gasteiger partial charge in [0.2, 0.25) is 5.91 Å². The number of carbonyl (C=O) groups is 1. The molecule has 0 aliphatic carbocycles. The molecule has 0 spiro atoms. The van der Waals surface area contributed by atoms with E-state index in [0.717, 1.165) is 0 Å². The highest BCUT2D eigenvalue weighted by Crippen LogP contribution is 1.89. The third-order valence-corrected chi connectivity index (χ3v) is 1.80. The van der Waals surface area contributed by atoms with Crippen molar-refractivity contribution in [3.63, 3.8) is 0 Å². The van der Waals surface area contributed by atoms with Crippen LogP contribution in [0, 0.1) is 0 Å². The van der Waals surface area contributed by atoms with Crippen LogP contribution >= 0.6 is 0 Å². The van der Waals surface area contributed by atoms with Gasteiger partial charge in [-0.2, -0.15) is 0 Å².